The number of benzene rings is 21. The van der Waals surface area contributed by atoms with Gasteiger partial charge in [0.2, 0.25) is 20.1 Å². The molecule has 8 nitrogen and oxygen atoms in total. The minimum absolute atomic E-state index is 0.0333. The number of hydrogen-bond acceptors (Lipinski definition) is 7. The molecule has 10 heterocycles. The fraction of sp³-hybridized carbons (Fsp3) is 0. The van der Waals surface area contributed by atoms with Gasteiger partial charge in [-0.25, -0.2) is 15.0 Å². The molecule has 0 bridgehead atoms. The van der Waals surface area contributed by atoms with Crippen LogP contribution in [0.1, 0.15) is 0 Å². The van der Waals surface area contributed by atoms with E-state index in [2.05, 4.69) is 508 Å². The zero-order valence-corrected chi connectivity index (χ0v) is 79.7. The van der Waals surface area contributed by atoms with Crippen LogP contribution in [0.25, 0.3) is 167 Å². The van der Waals surface area contributed by atoms with Crippen molar-refractivity contribution in [1.82, 2.24) is 33.2 Å². The molecule has 0 amide bonds. The van der Waals surface area contributed by atoms with Gasteiger partial charge in [-0.2, -0.15) is 0 Å². The molecular formula is C129H81B3N8S3. The monoisotopic (exact) mass is 1870 g/mol. The van der Waals surface area contributed by atoms with Crippen LogP contribution in [0, 0.1) is 0 Å². The summed E-state index contributed by atoms with van der Waals surface area (Å²) in [7, 11) is 0. The highest BCUT2D eigenvalue weighted by Gasteiger charge is 2.45. The largest absolute Gasteiger partial charge is 0.310 e. The van der Waals surface area contributed by atoms with Crippen LogP contribution in [0.2, 0.25) is 0 Å². The highest BCUT2D eigenvalue weighted by Crippen LogP contribution is 2.48. The summed E-state index contributed by atoms with van der Waals surface area (Å²) in [6.07, 6.45) is 2.03. The van der Waals surface area contributed by atoms with E-state index in [4.69, 9.17) is 15.0 Å². The number of imidazole rings is 3. The van der Waals surface area contributed by atoms with Crippen molar-refractivity contribution >= 4 is 177 Å². The van der Waals surface area contributed by atoms with Crippen LogP contribution in [-0.2, 0) is 0 Å². The van der Waals surface area contributed by atoms with Crippen molar-refractivity contribution in [1.29, 1.82) is 0 Å². The Morgan fingerprint density at radius 2 is 0.559 bits per heavy atom. The van der Waals surface area contributed by atoms with Crippen LogP contribution in [0.3, 0.4) is 0 Å². The first-order valence-electron chi connectivity index (χ1n) is 48.8. The van der Waals surface area contributed by atoms with E-state index in [-0.39, 0.29) is 20.1 Å². The summed E-state index contributed by atoms with van der Waals surface area (Å²) < 4.78 is 9.64. The molecule has 21 aromatic carbocycles. The minimum atomic E-state index is 0.0333. The van der Waals surface area contributed by atoms with Gasteiger partial charge in [0.1, 0.15) is 18.0 Å². The number of hydrogen-bond donors (Lipinski definition) is 0. The van der Waals surface area contributed by atoms with Gasteiger partial charge in [-0.05, 0) is 209 Å². The van der Waals surface area contributed by atoms with Gasteiger partial charge in [-0.3, -0.25) is 13.7 Å². The second-order valence-electron chi connectivity index (χ2n) is 37.6. The molecule has 6 aliphatic heterocycles. The molecule has 0 atom stereocenters. The van der Waals surface area contributed by atoms with Crippen molar-refractivity contribution in [2.24, 2.45) is 0 Å². The summed E-state index contributed by atoms with van der Waals surface area (Å²) in [4.78, 5) is 26.1. The normalized spacial score (nSPS) is 12.6. The molecule has 4 aromatic heterocycles. The molecular weight excluding hydrogens is 1790 g/mol. The summed E-state index contributed by atoms with van der Waals surface area (Å²) in [5.41, 5.74) is 46.2. The van der Waals surface area contributed by atoms with Gasteiger partial charge in [0.05, 0.1) is 44.1 Å². The minimum Gasteiger partial charge on any atom is -0.310 e. The Morgan fingerprint density at radius 1 is 0.210 bits per heavy atom. The second-order valence-corrected chi connectivity index (χ2v) is 40.8. The lowest BCUT2D eigenvalue weighted by Crippen LogP contribution is -2.58. The van der Waals surface area contributed by atoms with Gasteiger partial charge < -0.3 is 9.47 Å². The number of anilines is 3. The average molecular weight is 1870 g/mol. The topological polar surface area (TPSA) is 61.6 Å². The molecule has 0 saturated heterocycles. The van der Waals surface area contributed by atoms with E-state index >= 15 is 0 Å². The van der Waals surface area contributed by atoms with Crippen molar-refractivity contribution in [3.8, 4) is 112 Å². The maximum atomic E-state index is 5.50. The molecule has 143 heavy (non-hydrogen) atoms. The van der Waals surface area contributed by atoms with Gasteiger partial charge in [0, 0.05) is 91.1 Å². The lowest BCUT2D eigenvalue weighted by atomic mass is 9.35. The van der Waals surface area contributed by atoms with Gasteiger partial charge in [-0.1, -0.05) is 428 Å². The van der Waals surface area contributed by atoms with Crippen molar-refractivity contribution in [2.75, 3.05) is 4.90 Å². The fourth-order valence-electron chi connectivity index (χ4n) is 23.2. The first kappa shape index (κ1) is 82.9. The lowest BCUT2D eigenvalue weighted by molar-refractivity contribution is 1.07. The Kier molecular flexibility index (Phi) is 19.6. The molecule has 0 fully saturated rings. The summed E-state index contributed by atoms with van der Waals surface area (Å²) in [5.74, 6) is 1.95. The highest BCUT2D eigenvalue weighted by atomic mass is 32.2. The first-order chi connectivity index (χ1) is 70.9. The van der Waals surface area contributed by atoms with Crippen molar-refractivity contribution < 1.29 is 0 Å². The summed E-state index contributed by atoms with van der Waals surface area (Å²) in [5, 5.41) is 2.54. The first-order valence-corrected chi connectivity index (χ1v) is 51.3. The Morgan fingerprint density at radius 3 is 0.993 bits per heavy atom. The molecule has 6 aliphatic rings. The Labute approximate surface area is 841 Å². The fourth-order valence-corrected chi connectivity index (χ4v) is 26.9. The Bertz CT molecular complexity index is 9350. The zero-order valence-electron chi connectivity index (χ0n) is 77.3. The van der Waals surface area contributed by atoms with Gasteiger partial charge >= 0.3 is 0 Å². The third-order valence-corrected chi connectivity index (χ3v) is 32.9. The maximum absolute atomic E-state index is 5.50. The number of nitrogens with zero attached hydrogens (tertiary/aromatic N) is 8. The average Bonchev–Trinajstić information content (AvgIpc) is 1.62. The van der Waals surface area contributed by atoms with E-state index in [1.807, 2.05) is 41.6 Å². The quantitative estimate of drug-likeness (QED) is 0.113. The molecule has 0 N–H and O–H groups in total. The third-order valence-electron chi connectivity index (χ3n) is 29.5. The zero-order chi connectivity index (χ0) is 93.8. The Balaban J connectivity index is 0.000000103. The van der Waals surface area contributed by atoms with Crippen LogP contribution in [0.5, 0.6) is 0 Å². The molecule has 0 saturated carbocycles. The van der Waals surface area contributed by atoms with E-state index in [0.29, 0.717) is 0 Å². The predicted octanol–water partition coefficient (Wildman–Crippen LogP) is 26.9. The van der Waals surface area contributed by atoms with Gasteiger partial charge in [-0.15, -0.1) is 0 Å². The number of fused-ring (bicyclic) bond motifs is 15. The molecule has 31 rings (SSSR count). The third kappa shape index (κ3) is 13.7. The smallest absolute Gasteiger partial charge is 0.249 e. The van der Waals surface area contributed by atoms with E-state index in [0.717, 1.165) is 56.4 Å². The van der Waals surface area contributed by atoms with Crippen LogP contribution in [-0.4, -0.2) is 53.4 Å². The molecule has 25 aromatic rings. The van der Waals surface area contributed by atoms with E-state index < -0.39 is 0 Å². The van der Waals surface area contributed by atoms with Crippen molar-refractivity contribution in [3.05, 3.63) is 492 Å². The molecule has 0 unspecified atom stereocenters. The summed E-state index contributed by atoms with van der Waals surface area (Å²) in [6.45, 7) is 0.269. The standard InChI is InChI=1S/C49H32BN3S.C43H26BN3S.C37H23BN2S/c1-6-16-33(17-7-1)36-26-27-41-45(30-36)54-46-32-40(52(38-22-12-4-13-23-38)39-24-14-5-15-25-39)31-44-47(46)50(41)42-28-37(34-18-8-2-9-19-34)29-43-48(42)53(44)49(51-43)35-20-10-3-11-21-35;1-3-11-27(12-4-1)29-19-20-34-40(23-29)48-41-25-31(47-37-17-9-7-15-32(37)33-16-8-10-18-38(33)47)24-39-42(41)44(34)35-21-30(28-13-5-2-6-14-28)22-36-43(35)46(39)26-45-36;1-4-11-24(12-5-1)27-19-20-29-34(23-27)41-33-18-10-17-32-35(33)38(29)30-21-28(25-13-6-2-7-14-25)22-31-36(30)40(32)37(39-31)26-15-8-3-9-16-26/h1-32H;1-26H;1-23H. The van der Waals surface area contributed by atoms with E-state index in [1.54, 1.807) is 0 Å². The number of rotatable bonds is 12. The lowest BCUT2D eigenvalue weighted by Gasteiger charge is -2.35. The number of aromatic nitrogens is 7. The number of para-hydroxylation sites is 4. The Hall–Kier alpha value is -17.1. The van der Waals surface area contributed by atoms with E-state index in [9.17, 15) is 0 Å². The SMILES string of the molecule is c1ccc(-c2ccc3c(c2)Sc2cc(-n4c5ccccc5c5ccccc54)cc4c2B3c2cc(-c3ccccc3)cc3ncn-4c23)cc1.c1ccc(-c2ccc3c(c2)Sc2cc(N(c4ccccc4)c4ccccc4)cc4c2B3c2cc(-c3ccccc3)cc3nc(-c5ccccc5)n-4c23)cc1.c1ccc(-c2ccc3c(c2)Sc2cccc4c2B3c2cc(-c3ccccc3)cc3nc(-c5ccccc5)n-4c23)cc1. The van der Waals surface area contributed by atoms with Crippen LogP contribution in [0.4, 0.5) is 17.1 Å². The van der Waals surface area contributed by atoms with Crippen LogP contribution < -0.4 is 54.1 Å². The van der Waals surface area contributed by atoms with Gasteiger partial charge in [0.15, 0.2) is 0 Å². The maximum Gasteiger partial charge on any atom is 0.249 e. The van der Waals surface area contributed by atoms with E-state index in [1.165, 1.54) is 206 Å². The molecule has 0 spiro atoms. The van der Waals surface area contributed by atoms with Gasteiger partial charge in [0.25, 0.3) is 0 Å². The van der Waals surface area contributed by atoms with Crippen molar-refractivity contribution in [3.63, 3.8) is 0 Å². The van der Waals surface area contributed by atoms with Crippen molar-refractivity contribution in [2.45, 2.75) is 29.4 Å². The predicted molar refractivity (Wildman–Crippen MR) is 601 cm³/mol. The second kappa shape index (κ2) is 33.9. The molecule has 0 radical (unpaired) electrons. The van der Waals surface area contributed by atoms with Crippen LogP contribution >= 0.6 is 35.3 Å². The molecule has 0 aliphatic carbocycles. The summed E-state index contributed by atoms with van der Waals surface area (Å²) in [6, 6.07) is 176. The summed E-state index contributed by atoms with van der Waals surface area (Å²) >= 11 is 5.68. The molecule has 14 heteroatoms. The highest BCUT2D eigenvalue weighted by molar-refractivity contribution is 8.00. The van der Waals surface area contributed by atoms with Crippen LogP contribution in [0.15, 0.2) is 521 Å². The molecule has 664 valence electrons.